The van der Waals surface area contributed by atoms with Crippen LogP contribution in [0.4, 0.5) is 0 Å². The van der Waals surface area contributed by atoms with E-state index in [2.05, 4.69) is 71.0 Å². The first kappa shape index (κ1) is 14.4. The third kappa shape index (κ3) is 22.5. The van der Waals surface area contributed by atoms with Gasteiger partial charge in [0.1, 0.15) is 0 Å². The van der Waals surface area contributed by atoms with Gasteiger partial charge in [0.2, 0.25) is 0 Å². The van der Waals surface area contributed by atoms with Crippen LogP contribution in [0.15, 0.2) is 0 Å². The molecule has 0 spiro atoms. The average molecular weight is 849 g/mol. The van der Waals surface area contributed by atoms with Crippen LogP contribution in [0, 0.1) is 0 Å². The van der Waals surface area contributed by atoms with Gasteiger partial charge in [0, 0.05) is 0 Å². The SMILES string of the molecule is [CsH].[I][Pb]([I])([I])[I]. The first-order valence-corrected chi connectivity index (χ1v) is 44.5. The number of hydrogen-bond donors (Lipinski definition) is 0. The van der Waals surface area contributed by atoms with Gasteiger partial charge in [0.05, 0.1) is 0 Å². The van der Waals surface area contributed by atoms with E-state index in [1.165, 1.54) is 0 Å². The third-order valence-electron chi connectivity index (χ3n) is 0. The molecule has 34 valence electrons. The van der Waals surface area contributed by atoms with E-state index in [-0.39, 0.29) is 68.9 Å². The summed E-state index contributed by atoms with van der Waals surface area (Å²) < 4.78 is -1.40. The predicted octanol–water partition coefficient (Wildman–Crippen LogP) is 2.51. The summed E-state index contributed by atoms with van der Waals surface area (Å²) in [5, 5.41) is 0. The summed E-state index contributed by atoms with van der Waals surface area (Å²) in [7, 11) is 0. The molecule has 0 amide bonds. The quantitative estimate of drug-likeness (QED) is 0.260. The van der Waals surface area contributed by atoms with Crippen molar-refractivity contribution < 1.29 is 0 Å². The van der Waals surface area contributed by atoms with Gasteiger partial charge in [-0.2, -0.15) is 0 Å². The molecule has 0 aliphatic carbocycles. The Morgan fingerprint density at radius 2 is 0.833 bits per heavy atom. The topological polar surface area (TPSA) is 0 Å². The van der Waals surface area contributed by atoms with Crippen molar-refractivity contribution in [2.24, 2.45) is 0 Å². The summed E-state index contributed by atoms with van der Waals surface area (Å²) in [5.41, 5.74) is 0. The van der Waals surface area contributed by atoms with Crippen LogP contribution in [0.3, 0.4) is 0 Å². The van der Waals surface area contributed by atoms with Crippen molar-refractivity contribution in [3.8, 4) is 0 Å². The Labute approximate surface area is 137 Å². The van der Waals surface area contributed by atoms with Crippen LogP contribution in [0.1, 0.15) is 0 Å². The van der Waals surface area contributed by atoms with Crippen LogP contribution in [0.25, 0.3) is 0 Å². The van der Waals surface area contributed by atoms with Gasteiger partial charge >= 0.3 is 144 Å². The van der Waals surface area contributed by atoms with Gasteiger partial charge in [-0.15, -0.1) is 0 Å². The van der Waals surface area contributed by atoms with Gasteiger partial charge in [-0.05, 0) is 0 Å². The number of rotatable bonds is 0. The van der Waals surface area contributed by atoms with Gasteiger partial charge in [-0.1, -0.05) is 0 Å². The fourth-order valence-electron chi connectivity index (χ4n) is 0. The third-order valence-corrected chi connectivity index (χ3v) is 0. The molecule has 0 bridgehead atoms. The molecule has 0 radical (unpaired) electrons. The summed E-state index contributed by atoms with van der Waals surface area (Å²) in [4.78, 5) is 0. The summed E-state index contributed by atoms with van der Waals surface area (Å²) in [6, 6.07) is 0. The van der Waals surface area contributed by atoms with Crippen molar-refractivity contribution in [2.75, 3.05) is 0 Å². The summed E-state index contributed by atoms with van der Waals surface area (Å²) >= 11 is 10.2. The molecule has 0 aliphatic heterocycles. The Morgan fingerprint density at radius 3 is 0.833 bits per heavy atom. The summed E-state index contributed by atoms with van der Waals surface area (Å²) in [5.74, 6) is 0. The Bertz CT molecular complexity index is 23.0. The normalized spacial score (nSPS) is 10.0. The standard InChI is InChI=1S/Cs.4HI.Pb.H/h;4*1H;;/q;;;;;+4;/p-4. The van der Waals surface area contributed by atoms with Gasteiger partial charge in [0.25, 0.3) is 0 Å². The molecule has 0 atom stereocenters. The minimum absolute atomic E-state index is 0. The number of hydrogen-bond acceptors (Lipinski definition) is 0. The molecule has 6 heteroatoms. The summed E-state index contributed by atoms with van der Waals surface area (Å²) in [6.07, 6.45) is 0. The van der Waals surface area contributed by atoms with E-state index in [0.29, 0.717) is 0 Å². The second-order valence-corrected chi connectivity index (χ2v) is 169. The zero-order chi connectivity index (χ0) is 4.50. The molecule has 0 nitrogen and oxygen atoms in total. The second kappa shape index (κ2) is 7.54. The fourth-order valence-corrected chi connectivity index (χ4v) is 0. The molecule has 6 heavy (non-hydrogen) atoms. The Morgan fingerprint density at radius 1 is 0.833 bits per heavy atom. The molecule has 0 N–H and O–H groups in total. The van der Waals surface area contributed by atoms with Gasteiger partial charge in [-0.25, -0.2) is 0 Å². The van der Waals surface area contributed by atoms with E-state index < -0.39 is 4.00 Å². The zero-order valence-electron chi connectivity index (χ0n) is 2.01. The van der Waals surface area contributed by atoms with Gasteiger partial charge in [-0.3, -0.25) is 0 Å². The van der Waals surface area contributed by atoms with Crippen molar-refractivity contribution in [2.45, 2.75) is 0 Å². The first-order chi connectivity index (χ1) is 2.00. The predicted molar refractivity (Wildman–Crippen MR) is 69.0 cm³/mol. The van der Waals surface area contributed by atoms with E-state index >= 15 is 0 Å². The zero-order valence-corrected chi connectivity index (χ0v) is 14.5. The van der Waals surface area contributed by atoms with Crippen LogP contribution < -0.4 is 0 Å². The van der Waals surface area contributed by atoms with Crippen molar-refractivity contribution >= 4 is 144 Å². The van der Waals surface area contributed by atoms with E-state index in [0.717, 1.165) is 0 Å². The van der Waals surface area contributed by atoms with E-state index in [4.69, 9.17) is 0 Å². The maximum absolute atomic E-state index is 2.56. The molecule has 0 saturated heterocycles. The van der Waals surface area contributed by atoms with E-state index in [1.807, 2.05) is 0 Å². The van der Waals surface area contributed by atoms with E-state index in [9.17, 15) is 0 Å². The van der Waals surface area contributed by atoms with Crippen molar-refractivity contribution in [1.82, 2.24) is 0 Å². The van der Waals surface area contributed by atoms with E-state index in [1.54, 1.807) is 0 Å². The maximum atomic E-state index is 2.56. The molecule has 0 aromatic rings. The van der Waals surface area contributed by atoms with Crippen molar-refractivity contribution in [3.05, 3.63) is 0 Å². The Hall–Kier alpha value is 5.89. The molecule has 0 fully saturated rings. The molecule has 0 aromatic heterocycles. The molecule has 0 rings (SSSR count). The van der Waals surface area contributed by atoms with Crippen LogP contribution in [-0.4, -0.2) is 72.9 Å². The minimum atomic E-state index is -1.40. The monoisotopic (exact) mass is 850 g/mol. The Kier molecular flexibility index (Phi) is 18.1. The van der Waals surface area contributed by atoms with Crippen LogP contribution in [0.2, 0.25) is 0 Å². The molecule has 0 unspecified atom stereocenters. The van der Waals surface area contributed by atoms with Crippen LogP contribution in [-0.2, 0) is 0 Å². The fraction of sp³-hybridized carbons (Fsp3) is 0. The van der Waals surface area contributed by atoms with Crippen molar-refractivity contribution in [1.29, 1.82) is 0 Å². The molecule has 0 aromatic carbocycles. The molecule has 0 aliphatic rings. The first-order valence-electron chi connectivity index (χ1n) is 0.756. The molecule has 0 saturated carbocycles. The van der Waals surface area contributed by atoms with Gasteiger partial charge < -0.3 is 0 Å². The summed E-state index contributed by atoms with van der Waals surface area (Å²) in [6.45, 7) is 0. The van der Waals surface area contributed by atoms with Crippen LogP contribution in [0.5, 0.6) is 0 Å². The Balaban J connectivity index is 0. The molecule has 0 heterocycles. The number of halogens is 4. The van der Waals surface area contributed by atoms with Crippen LogP contribution >= 0.6 is 71.0 Å². The van der Waals surface area contributed by atoms with Crippen molar-refractivity contribution in [3.63, 3.8) is 0 Å². The molecular weight excluding hydrogens is 848 g/mol. The molecular formula is HCsI4Pb. The van der Waals surface area contributed by atoms with Gasteiger partial charge in [0.15, 0.2) is 0 Å². The second-order valence-electron chi connectivity index (χ2n) is 0.429. The average Bonchev–Trinajstić information content (AvgIpc) is 0.722.